The number of carbonyl (C=O) groups is 1. The van der Waals surface area contributed by atoms with Crippen LogP contribution in [0.15, 0.2) is 60.7 Å². The monoisotopic (exact) mass is 412 g/mol. The number of nitrogens with one attached hydrogen (secondary N) is 1. The van der Waals surface area contributed by atoms with Crippen LogP contribution in [-0.4, -0.2) is 59.0 Å². The molecule has 0 saturated heterocycles. The molecule has 2 N–H and O–H groups in total. The summed E-state index contributed by atoms with van der Waals surface area (Å²) in [5.41, 5.74) is 3.05. The van der Waals surface area contributed by atoms with Gasteiger partial charge < -0.3 is 15.3 Å². The van der Waals surface area contributed by atoms with Gasteiger partial charge in [0.15, 0.2) is 0 Å². The van der Waals surface area contributed by atoms with Crippen LogP contribution < -0.4 is 5.32 Å². The highest BCUT2D eigenvalue weighted by Gasteiger charge is 2.18. The quantitative estimate of drug-likeness (QED) is 0.596. The van der Waals surface area contributed by atoms with Gasteiger partial charge in [0.25, 0.3) is 5.91 Å². The van der Waals surface area contributed by atoms with Crippen molar-refractivity contribution in [2.75, 3.05) is 27.2 Å². The van der Waals surface area contributed by atoms with Gasteiger partial charge in [-0.3, -0.25) is 9.48 Å². The number of hydrogen-bond acceptors (Lipinski definition) is 4. The summed E-state index contributed by atoms with van der Waals surface area (Å²) in [6.07, 6.45) is -0.643. The molecule has 0 bridgehead atoms. The van der Waals surface area contributed by atoms with Gasteiger partial charge in [0.1, 0.15) is 5.69 Å². The number of aliphatic hydroxyl groups excluding tert-OH is 1. The van der Waals surface area contributed by atoms with Crippen LogP contribution in [0.2, 0.25) is 5.02 Å². The van der Waals surface area contributed by atoms with Gasteiger partial charge in [0.05, 0.1) is 18.3 Å². The lowest BCUT2D eigenvalue weighted by Crippen LogP contribution is -2.38. The number of carbonyl (C=O) groups excluding carboxylic acids is 1. The topological polar surface area (TPSA) is 70.4 Å². The molecule has 0 aliphatic carbocycles. The number of likely N-dealkylation sites (N-methyl/N-ethyl adjacent to an activating group) is 1. The van der Waals surface area contributed by atoms with E-state index in [9.17, 15) is 9.90 Å². The van der Waals surface area contributed by atoms with Crippen molar-refractivity contribution < 1.29 is 9.90 Å². The SMILES string of the molecule is CN(C)CC(O)CNC(=O)c1cc(-c2ccc(Cl)cc2)nn1Cc1ccccc1. The summed E-state index contributed by atoms with van der Waals surface area (Å²) in [7, 11) is 3.75. The predicted molar refractivity (Wildman–Crippen MR) is 115 cm³/mol. The standard InChI is InChI=1S/C22H25ClN4O2/c1-26(2)15-19(28)13-24-22(29)21-12-20(17-8-10-18(23)11-9-17)25-27(21)14-16-6-4-3-5-7-16/h3-12,19,28H,13-15H2,1-2H3,(H,24,29). The number of amides is 1. The number of benzene rings is 2. The molecule has 1 heterocycles. The first-order valence-electron chi connectivity index (χ1n) is 9.41. The summed E-state index contributed by atoms with van der Waals surface area (Å²) in [4.78, 5) is 14.7. The Morgan fingerprint density at radius 3 is 2.52 bits per heavy atom. The molecule has 0 fully saturated rings. The second-order valence-electron chi connectivity index (χ2n) is 7.19. The Hall–Kier alpha value is -2.67. The molecule has 0 aliphatic heterocycles. The van der Waals surface area contributed by atoms with Gasteiger partial charge in [-0.05, 0) is 37.9 Å². The van der Waals surface area contributed by atoms with Gasteiger partial charge in [-0.1, -0.05) is 54.1 Å². The average Bonchev–Trinajstić information content (AvgIpc) is 3.11. The Morgan fingerprint density at radius 1 is 1.17 bits per heavy atom. The van der Waals surface area contributed by atoms with E-state index < -0.39 is 6.10 Å². The predicted octanol–water partition coefficient (Wildman–Crippen LogP) is 2.90. The van der Waals surface area contributed by atoms with Gasteiger partial charge >= 0.3 is 0 Å². The van der Waals surface area contributed by atoms with Gasteiger partial charge in [-0.15, -0.1) is 0 Å². The van der Waals surface area contributed by atoms with Crippen molar-refractivity contribution >= 4 is 17.5 Å². The largest absolute Gasteiger partial charge is 0.390 e. The van der Waals surface area contributed by atoms with Crippen molar-refractivity contribution in [2.24, 2.45) is 0 Å². The van der Waals surface area contributed by atoms with Crippen molar-refractivity contribution in [3.05, 3.63) is 76.9 Å². The molecular formula is C22H25ClN4O2. The zero-order chi connectivity index (χ0) is 20.8. The molecule has 29 heavy (non-hydrogen) atoms. The molecule has 1 atom stereocenters. The Kier molecular flexibility index (Phi) is 7.04. The first kappa shape index (κ1) is 21.0. The molecule has 3 rings (SSSR count). The lowest BCUT2D eigenvalue weighted by atomic mass is 10.1. The van der Waals surface area contributed by atoms with Gasteiger partial charge in [-0.25, -0.2) is 0 Å². The van der Waals surface area contributed by atoms with E-state index in [1.807, 2.05) is 61.5 Å². The molecule has 1 amide bonds. The normalized spacial score (nSPS) is 12.2. The molecule has 6 nitrogen and oxygen atoms in total. The second kappa shape index (κ2) is 9.69. The fourth-order valence-electron chi connectivity index (χ4n) is 3.03. The van der Waals surface area contributed by atoms with Crippen molar-refractivity contribution in [2.45, 2.75) is 12.6 Å². The van der Waals surface area contributed by atoms with Crippen LogP contribution in [0.4, 0.5) is 0 Å². The molecule has 0 spiro atoms. The van der Waals surface area contributed by atoms with Crippen LogP contribution in [0, 0.1) is 0 Å². The van der Waals surface area contributed by atoms with Gasteiger partial charge in [0, 0.05) is 23.7 Å². The molecule has 1 aromatic heterocycles. The second-order valence-corrected chi connectivity index (χ2v) is 7.63. The van der Waals surface area contributed by atoms with E-state index in [4.69, 9.17) is 11.6 Å². The molecule has 0 saturated carbocycles. The number of nitrogens with zero attached hydrogens (tertiary/aromatic N) is 3. The average molecular weight is 413 g/mol. The number of halogens is 1. The number of hydrogen-bond donors (Lipinski definition) is 2. The molecule has 2 aromatic carbocycles. The zero-order valence-corrected chi connectivity index (χ0v) is 17.3. The molecular weight excluding hydrogens is 388 g/mol. The summed E-state index contributed by atoms with van der Waals surface area (Å²) in [5, 5.41) is 18.1. The summed E-state index contributed by atoms with van der Waals surface area (Å²) in [6, 6.07) is 18.9. The van der Waals surface area contributed by atoms with Crippen LogP contribution >= 0.6 is 11.6 Å². The lowest BCUT2D eigenvalue weighted by Gasteiger charge is -2.16. The molecule has 1 unspecified atom stereocenters. The van der Waals surface area contributed by atoms with Gasteiger partial charge in [-0.2, -0.15) is 5.10 Å². The number of aliphatic hydroxyl groups is 1. The molecule has 3 aromatic rings. The van der Waals surface area contributed by atoms with Crippen LogP contribution in [0.25, 0.3) is 11.3 Å². The molecule has 7 heteroatoms. The highest BCUT2D eigenvalue weighted by atomic mass is 35.5. The smallest absolute Gasteiger partial charge is 0.269 e. The third-order valence-electron chi connectivity index (χ3n) is 4.40. The van der Waals surface area contributed by atoms with E-state index in [1.165, 1.54) is 0 Å². The van der Waals surface area contributed by atoms with Crippen LogP contribution in [0.1, 0.15) is 16.1 Å². The number of aromatic nitrogens is 2. The summed E-state index contributed by atoms with van der Waals surface area (Å²) in [6.45, 7) is 1.11. The molecule has 0 aliphatic rings. The van der Waals surface area contributed by atoms with Crippen LogP contribution in [0.3, 0.4) is 0 Å². The Balaban J connectivity index is 1.84. The van der Waals surface area contributed by atoms with Crippen molar-refractivity contribution in [1.29, 1.82) is 0 Å². The minimum Gasteiger partial charge on any atom is -0.390 e. The zero-order valence-electron chi connectivity index (χ0n) is 16.5. The Bertz CT molecular complexity index is 939. The summed E-state index contributed by atoms with van der Waals surface area (Å²) >= 11 is 5.98. The van der Waals surface area contributed by atoms with Crippen molar-refractivity contribution in [1.82, 2.24) is 20.0 Å². The molecule has 0 radical (unpaired) electrons. The summed E-state index contributed by atoms with van der Waals surface area (Å²) in [5.74, 6) is -0.272. The van der Waals surface area contributed by atoms with E-state index in [0.717, 1.165) is 11.1 Å². The van der Waals surface area contributed by atoms with Crippen LogP contribution in [0.5, 0.6) is 0 Å². The maximum atomic E-state index is 12.8. The van der Waals surface area contributed by atoms with E-state index in [1.54, 1.807) is 22.9 Å². The minimum atomic E-state index is -0.643. The van der Waals surface area contributed by atoms with E-state index >= 15 is 0 Å². The van der Waals surface area contributed by atoms with Crippen molar-refractivity contribution in [3.8, 4) is 11.3 Å². The fourth-order valence-corrected chi connectivity index (χ4v) is 3.15. The van der Waals surface area contributed by atoms with Crippen LogP contribution in [-0.2, 0) is 6.54 Å². The summed E-state index contributed by atoms with van der Waals surface area (Å²) < 4.78 is 1.69. The van der Waals surface area contributed by atoms with Gasteiger partial charge in [0.2, 0.25) is 0 Å². The maximum absolute atomic E-state index is 12.8. The highest BCUT2D eigenvalue weighted by Crippen LogP contribution is 2.22. The molecule has 152 valence electrons. The van der Waals surface area contributed by atoms with E-state index in [0.29, 0.717) is 29.5 Å². The van der Waals surface area contributed by atoms with E-state index in [2.05, 4.69) is 10.4 Å². The highest BCUT2D eigenvalue weighted by molar-refractivity contribution is 6.30. The number of rotatable bonds is 8. The van der Waals surface area contributed by atoms with E-state index in [-0.39, 0.29) is 12.5 Å². The maximum Gasteiger partial charge on any atom is 0.269 e. The Morgan fingerprint density at radius 2 is 1.86 bits per heavy atom. The first-order valence-corrected chi connectivity index (χ1v) is 9.79. The fraction of sp³-hybridized carbons (Fsp3) is 0.273. The minimum absolute atomic E-state index is 0.170. The third kappa shape index (κ3) is 5.90. The first-order chi connectivity index (χ1) is 13.9. The lowest BCUT2D eigenvalue weighted by molar-refractivity contribution is 0.0882. The Labute approximate surface area is 175 Å². The third-order valence-corrected chi connectivity index (χ3v) is 4.65. The van der Waals surface area contributed by atoms with Crippen molar-refractivity contribution in [3.63, 3.8) is 0 Å².